The quantitative estimate of drug-likeness (QED) is 0.555. The molecule has 6 nitrogen and oxygen atoms in total. The topological polar surface area (TPSA) is 67.9 Å². The molecule has 0 bridgehead atoms. The highest BCUT2D eigenvalue weighted by Gasteiger charge is 2.38. The van der Waals surface area contributed by atoms with Crippen LogP contribution in [0.1, 0.15) is 53.4 Å². The number of ether oxygens (including phenoxy) is 2. The maximum Gasteiger partial charge on any atom is 0.225 e. The molecular weight excluding hydrogens is 344 g/mol. The van der Waals surface area contributed by atoms with Crippen molar-refractivity contribution < 1.29 is 19.1 Å². The van der Waals surface area contributed by atoms with Gasteiger partial charge in [-0.3, -0.25) is 14.5 Å². The fourth-order valence-electron chi connectivity index (χ4n) is 4.01. The Morgan fingerprint density at radius 3 is 2.22 bits per heavy atom. The minimum Gasteiger partial charge on any atom is -0.377 e. The Balaban J connectivity index is 1.52. The van der Waals surface area contributed by atoms with Crippen molar-refractivity contribution in [2.75, 3.05) is 39.5 Å². The first kappa shape index (κ1) is 22.3. The summed E-state index contributed by atoms with van der Waals surface area (Å²) in [7, 11) is 0. The number of nitrogens with one attached hydrogen (secondary N) is 1. The van der Waals surface area contributed by atoms with E-state index in [1.165, 1.54) is 0 Å². The van der Waals surface area contributed by atoms with Gasteiger partial charge < -0.3 is 14.8 Å². The molecule has 6 heteroatoms. The first-order valence-electron chi connectivity index (χ1n) is 10.6. The molecule has 1 N–H and O–H groups in total. The van der Waals surface area contributed by atoms with Crippen LogP contribution in [0, 0.1) is 17.8 Å². The molecule has 0 aromatic rings. The number of Topliss-reactive ketones (excluding diaryl/α,β-unsaturated/α-hetero) is 1. The van der Waals surface area contributed by atoms with Crippen molar-refractivity contribution in [2.24, 2.45) is 17.8 Å². The molecule has 2 rings (SSSR count). The van der Waals surface area contributed by atoms with Gasteiger partial charge in [-0.1, -0.05) is 13.8 Å². The number of likely N-dealkylation sites (tertiary alicyclic amines) is 1. The first-order valence-corrected chi connectivity index (χ1v) is 10.6. The smallest absolute Gasteiger partial charge is 0.225 e. The number of carbonyl (C=O) groups excluding carboxylic acids is 2. The number of hydrogen-bond acceptors (Lipinski definition) is 5. The Kier molecular flexibility index (Phi) is 9.19. The highest BCUT2D eigenvalue weighted by molar-refractivity contribution is 5.82. The van der Waals surface area contributed by atoms with Crippen LogP contribution in [0.25, 0.3) is 0 Å². The second-order valence-corrected chi connectivity index (χ2v) is 8.54. The molecule has 1 heterocycles. The molecule has 1 aliphatic carbocycles. The van der Waals surface area contributed by atoms with E-state index in [-0.39, 0.29) is 29.8 Å². The molecule has 0 atom stereocenters. The van der Waals surface area contributed by atoms with Crippen molar-refractivity contribution in [3.05, 3.63) is 0 Å². The Hall–Kier alpha value is -0.980. The van der Waals surface area contributed by atoms with Gasteiger partial charge in [0.25, 0.3) is 0 Å². The first-order chi connectivity index (χ1) is 12.9. The van der Waals surface area contributed by atoms with Gasteiger partial charge in [-0.05, 0) is 39.5 Å². The molecule has 0 radical (unpaired) electrons. The normalized spacial score (nSPS) is 24.2. The van der Waals surface area contributed by atoms with Crippen LogP contribution in [0.4, 0.5) is 0 Å². The van der Waals surface area contributed by atoms with Gasteiger partial charge in [-0.2, -0.15) is 0 Å². The van der Waals surface area contributed by atoms with Crippen LogP contribution in [0.3, 0.4) is 0 Å². The average Bonchev–Trinajstić information content (AvgIpc) is 2.59. The van der Waals surface area contributed by atoms with Crippen LogP contribution in [0.5, 0.6) is 0 Å². The lowest BCUT2D eigenvalue weighted by Gasteiger charge is -2.45. The molecule has 0 aromatic heterocycles. The second kappa shape index (κ2) is 11.1. The summed E-state index contributed by atoms with van der Waals surface area (Å²) in [5.74, 6) is 1.07. The maximum absolute atomic E-state index is 12.2. The summed E-state index contributed by atoms with van der Waals surface area (Å²) < 4.78 is 10.8. The number of amides is 1. The highest BCUT2D eigenvalue weighted by Crippen LogP contribution is 2.33. The van der Waals surface area contributed by atoms with Gasteiger partial charge >= 0.3 is 0 Å². The SMILES string of the molecule is CC(C)OCCOCCNC(=O)C1CN(C2CCC(C(=O)C(C)C)CC2)C1. The molecule has 1 saturated carbocycles. The molecule has 0 aromatic carbocycles. The number of ketones is 1. The molecule has 1 amide bonds. The largest absolute Gasteiger partial charge is 0.377 e. The molecule has 156 valence electrons. The van der Waals surface area contributed by atoms with E-state index in [9.17, 15) is 9.59 Å². The van der Waals surface area contributed by atoms with Crippen LogP contribution < -0.4 is 5.32 Å². The van der Waals surface area contributed by atoms with E-state index < -0.39 is 0 Å². The second-order valence-electron chi connectivity index (χ2n) is 8.54. The molecule has 27 heavy (non-hydrogen) atoms. The summed E-state index contributed by atoms with van der Waals surface area (Å²) in [6, 6.07) is 0.551. The third-order valence-electron chi connectivity index (χ3n) is 5.69. The fourth-order valence-corrected chi connectivity index (χ4v) is 4.01. The number of rotatable bonds is 11. The standard InChI is InChI=1S/C21H38N2O4/c1-15(2)20(24)17-5-7-19(8-6-17)23-13-18(14-23)21(25)22-9-10-26-11-12-27-16(3)4/h15-19H,5-14H2,1-4H3,(H,22,25). The minimum atomic E-state index is 0.101. The minimum absolute atomic E-state index is 0.101. The Bertz CT molecular complexity index is 467. The van der Waals surface area contributed by atoms with Gasteiger partial charge in [0, 0.05) is 37.5 Å². The van der Waals surface area contributed by atoms with Crippen LogP contribution in [-0.2, 0) is 19.1 Å². The number of nitrogens with zero attached hydrogens (tertiary/aromatic N) is 1. The van der Waals surface area contributed by atoms with Crippen LogP contribution in [-0.4, -0.2) is 68.2 Å². The van der Waals surface area contributed by atoms with E-state index in [1.54, 1.807) is 0 Å². The van der Waals surface area contributed by atoms with Gasteiger partial charge in [0.2, 0.25) is 5.91 Å². The predicted molar refractivity (Wildman–Crippen MR) is 106 cm³/mol. The summed E-state index contributed by atoms with van der Waals surface area (Å²) >= 11 is 0. The highest BCUT2D eigenvalue weighted by atomic mass is 16.5. The summed E-state index contributed by atoms with van der Waals surface area (Å²) in [6.07, 6.45) is 4.41. The lowest BCUT2D eigenvalue weighted by molar-refractivity contribution is -0.132. The summed E-state index contributed by atoms with van der Waals surface area (Å²) in [5, 5.41) is 2.97. The molecule has 1 aliphatic heterocycles. The number of hydrogen-bond donors (Lipinski definition) is 1. The molecule has 1 saturated heterocycles. The van der Waals surface area contributed by atoms with E-state index in [4.69, 9.17) is 9.47 Å². The van der Waals surface area contributed by atoms with E-state index in [2.05, 4.69) is 10.2 Å². The van der Waals surface area contributed by atoms with Crippen molar-refractivity contribution in [3.63, 3.8) is 0 Å². The fraction of sp³-hybridized carbons (Fsp3) is 0.905. The van der Waals surface area contributed by atoms with Gasteiger partial charge in [0.15, 0.2) is 0 Å². The molecule has 2 aliphatic rings. The summed E-state index contributed by atoms with van der Waals surface area (Å²) in [5.41, 5.74) is 0. The summed E-state index contributed by atoms with van der Waals surface area (Å²) in [4.78, 5) is 26.7. The van der Waals surface area contributed by atoms with Crippen LogP contribution >= 0.6 is 0 Å². The van der Waals surface area contributed by atoms with Crippen LogP contribution in [0.15, 0.2) is 0 Å². The molecule has 0 spiro atoms. The van der Waals surface area contributed by atoms with Gasteiger partial charge in [-0.25, -0.2) is 0 Å². The van der Waals surface area contributed by atoms with Crippen molar-refractivity contribution >= 4 is 11.7 Å². The molecule has 2 fully saturated rings. The third-order valence-corrected chi connectivity index (χ3v) is 5.69. The zero-order chi connectivity index (χ0) is 19.8. The monoisotopic (exact) mass is 382 g/mol. The van der Waals surface area contributed by atoms with E-state index in [0.717, 1.165) is 38.8 Å². The van der Waals surface area contributed by atoms with Crippen molar-refractivity contribution in [1.82, 2.24) is 10.2 Å². The Morgan fingerprint density at radius 1 is 0.963 bits per heavy atom. The lowest BCUT2D eigenvalue weighted by Crippen LogP contribution is -2.58. The number of carbonyl (C=O) groups is 2. The maximum atomic E-state index is 12.2. The van der Waals surface area contributed by atoms with Crippen molar-refractivity contribution in [1.29, 1.82) is 0 Å². The molecular formula is C21H38N2O4. The molecule has 0 unspecified atom stereocenters. The van der Waals surface area contributed by atoms with Crippen molar-refractivity contribution in [2.45, 2.75) is 65.5 Å². The predicted octanol–water partition coefficient (Wildman–Crippen LogP) is 2.26. The van der Waals surface area contributed by atoms with Gasteiger partial charge in [0.05, 0.1) is 31.8 Å². The van der Waals surface area contributed by atoms with Gasteiger partial charge in [-0.15, -0.1) is 0 Å². The van der Waals surface area contributed by atoms with E-state index in [0.29, 0.717) is 38.2 Å². The van der Waals surface area contributed by atoms with E-state index >= 15 is 0 Å². The average molecular weight is 383 g/mol. The Labute approximate surface area is 164 Å². The zero-order valence-electron chi connectivity index (χ0n) is 17.5. The Morgan fingerprint density at radius 2 is 1.63 bits per heavy atom. The van der Waals surface area contributed by atoms with Gasteiger partial charge in [0.1, 0.15) is 5.78 Å². The zero-order valence-corrected chi connectivity index (χ0v) is 17.5. The third kappa shape index (κ3) is 7.16. The van der Waals surface area contributed by atoms with Crippen LogP contribution in [0.2, 0.25) is 0 Å². The lowest BCUT2D eigenvalue weighted by atomic mass is 9.79. The van der Waals surface area contributed by atoms with Crippen molar-refractivity contribution in [3.8, 4) is 0 Å². The summed E-state index contributed by atoms with van der Waals surface area (Å²) in [6.45, 7) is 11.9. The van der Waals surface area contributed by atoms with E-state index in [1.807, 2.05) is 27.7 Å².